The summed E-state index contributed by atoms with van der Waals surface area (Å²) in [6.45, 7) is 3.05. The highest BCUT2D eigenvalue weighted by molar-refractivity contribution is 6.02. The molecule has 2 aromatic rings. The van der Waals surface area contributed by atoms with E-state index in [1.807, 2.05) is 60.4 Å². The lowest BCUT2D eigenvalue weighted by atomic mass is 10.1. The maximum Gasteiger partial charge on any atom is 0.230 e. The fourth-order valence-corrected chi connectivity index (χ4v) is 4.62. The molecular formula is C25H27N3O3. The molecule has 2 heterocycles. The van der Waals surface area contributed by atoms with E-state index < -0.39 is 0 Å². The molecule has 1 aliphatic carbocycles. The second-order valence-electron chi connectivity index (χ2n) is 8.87. The Hall–Kier alpha value is -3.15. The van der Waals surface area contributed by atoms with Crippen LogP contribution >= 0.6 is 0 Å². The number of rotatable bonds is 5. The van der Waals surface area contributed by atoms with Crippen molar-refractivity contribution in [2.24, 2.45) is 11.8 Å². The van der Waals surface area contributed by atoms with E-state index in [1.54, 1.807) is 4.90 Å². The van der Waals surface area contributed by atoms with Crippen LogP contribution in [-0.2, 0) is 20.8 Å². The number of fused-ring (bicyclic) bond motifs is 1. The molecule has 3 aliphatic rings. The number of carbonyl (C=O) groups is 3. The molecule has 2 aliphatic heterocycles. The van der Waals surface area contributed by atoms with Crippen molar-refractivity contribution in [3.8, 4) is 0 Å². The molecule has 1 saturated carbocycles. The summed E-state index contributed by atoms with van der Waals surface area (Å²) in [6.07, 6.45) is 3.02. The van der Waals surface area contributed by atoms with E-state index in [0.29, 0.717) is 13.1 Å². The molecule has 1 saturated heterocycles. The maximum atomic E-state index is 12.8. The largest absolute Gasteiger partial charge is 0.349 e. The molecule has 6 heteroatoms. The first-order valence-corrected chi connectivity index (χ1v) is 11.1. The number of anilines is 2. The molecule has 3 amide bonds. The van der Waals surface area contributed by atoms with Crippen molar-refractivity contribution < 1.29 is 14.4 Å². The number of nitrogens with one attached hydrogen (secondary N) is 1. The second kappa shape index (κ2) is 7.84. The van der Waals surface area contributed by atoms with E-state index in [4.69, 9.17) is 0 Å². The van der Waals surface area contributed by atoms with E-state index >= 15 is 0 Å². The molecule has 2 atom stereocenters. The molecule has 0 aromatic heterocycles. The highest BCUT2D eigenvalue weighted by atomic mass is 16.2. The minimum atomic E-state index is -0.361. The van der Waals surface area contributed by atoms with Crippen LogP contribution in [0, 0.1) is 11.8 Å². The Bertz CT molecular complexity index is 1030. The van der Waals surface area contributed by atoms with Gasteiger partial charge in [0.25, 0.3) is 0 Å². The molecule has 2 fully saturated rings. The third-order valence-corrected chi connectivity index (χ3v) is 6.62. The predicted molar refractivity (Wildman–Crippen MR) is 119 cm³/mol. The van der Waals surface area contributed by atoms with E-state index in [-0.39, 0.29) is 42.0 Å². The maximum absolute atomic E-state index is 12.8. The van der Waals surface area contributed by atoms with Crippen molar-refractivity contribution in [3.05, 3.63) is 59.7 Å². The lowest BCUT2D eigenvalue weighted by Gasteiger charge is -2.21. The first-order valence-electron chi connectivity index (χ1n) is 11.1. The van der Waals surface area contributed by atoms with Gasteiger partial charge in [0.2, 0.25) is 17.7 Å². The van der Waals surface area contributed by atoms with Gasteiger partial charge in [0.05, 0.1) is 12.0 Å². The molecule has 160 valence electrons. The first kappa shape index (κ1) is 19.8. The van der Waals surface area contributed by atoms with Gasteiger partial charge >= 0.3 is 0 Å². The first-order chi connectivity index (χ1) is 15.0. The van der Waals surface area contributed by atoms with Crippen molar-refractivity contribution in [2.75, 3.05) is 22.9 Å². The Morgan fingerprint density at radius 2 is 1.84 bits per heavy atom. The van der Waals surface area contributed by atoms with Crippen molar-refractivity contribution in [1.82, 2.24) is 5.32 Å². The molecule has 0 spiro atoms. The number of benzene rings is 2. The third kappa shape index (κ3) is 3.82. The molecule has 0 unspecified atom stereocenters. The standard InChI is InChI=1S/C25H27N3O3/c1-16(17-5-3-2-4-6-17)26-24(30)20-14-23(29)28(15-20)21-9-10-22-19(13-21)11-12-27(22)25(31)18-7-8-18/h2-6,9-10,13,16,18,20H,7-8,11-12,14-15H2,1H3,(H,26,30)/t16-,20+/m1/s1. The van der Waals surface area contributed by atoms with Gasteiger partial charge in [-0.2, -0.15) is 0 Å². The van der Waals surface area contributed by atoms with Crippen molar-refractivity contribution in [1.29, 1.82) is 0 Å². The monoisotopic (exact) mass is 417 g/mol. The number of carbonyl (C=O) groups excluding carboxylic acids is 3. The van der Waals surface area contributed by atoms with Crippen LogP contribution in [0.2, 0.25) is 0 Å². The van der Waals surface area contributed by atoms with Crippen molar-refractivity contribution in [3.63, 3.8) is 0 Å². The normalized spacial score (nSPS) is 21.2. The second-order valence-corrected chi connectivity index (χ2v) is 8.87. The number of amides is 3. The lowest BCUT2D eigenvalue weighted by molar-refractivity contribution is -0.126. The summed E-state index contributed by atoms with van der Waals surface area (Å²) in [5.74, 6) is -0.0536. The molecule has 2 aromatic carbocycles. The van der Waals surface area contributed by atoms with Gasteiger partial charge in [-0.1, -0.05) is 30.3 Å². The summed E-state index contributed by atoms with van der Waals surface area (Å²) in [5, 5.41) is 3.05. The van der Waals surface area contributed by atoms with Gasteiger partial charge in [-0.05, 0) is 55.5 Å². The molecule has 6 nitrogen and oxygen atoms in total. The van der Waals surface area contributed by atoms with E-state index in [0.717, 1.165) is 41.8 Å². The fraction of sp³-hybridized carbons (Fsp3) is 0.400. The Morgan fingerprint density at radius 1 is 1.06 bits per heavy atom. The van der Waals surface area contributed by atoms with Gasteiger partial charge in [0, 0.05) is 36.8 Å². The minimum Gasteiger partial charge on any atom is -0.349 e. The van der Waals surface area contributed by atoms with Gasteiger partial charge in [0.1, 0.15) is 0 Å². The van der Waals surface area contributed by atoms with Crippen LogP contribution < -0.4 is 15.1 Å². The van der Waals surface area contributed by atoms with Crippen LogP contribution in [-0.4, -0.2) is 30.8 Å². The third-order valence-electron chi connectivity index (χ3n) is 6.62. The Morgan fingerprint density at radius 3 is 2.58 bits per heavy atom. The van der Waals surface area contributed by atoms with Crippen molar-refractivity contribution in [2.45, 2.75) is 38.6 Å². The molecule has 0 radical (unpaired) electrons. The topological polar surface area (TPSA) is 69.7 Å². The summed E-state index contributed by atoms with van der Waals surface area (Å²) in [5.41, 5.74) is 3.93. The van der Waals surface area contributed by atoms with Crippen molar-refractivity contribution >= 4 is 29.1 Å². The van der Waals surface area contributed by atoms with Crippen LogP contribution in [0.3, 0.4) is 0 Å². The Balaban J connectivity index is 1.26. The lowest BCUT2D eigenvalue weighted by Crippen LogP contribution is -2.34. The zero-order valence-electron chi connectivity index (χ0n) is 17.7. The number of hydrogen-bond donors (Lipinski definition) is 1. The SMILES string of the molecule is C[C@@H](NC(=O)[C@H]1CC(=O)N(c2ccc3c(c2)CCN3C(=O)C2CC2)C1)c1ccccc1. The van der Waals surface area contributed by atoms with E-state index in [1.165, 1.54) is 0 Å². The summed E-state index contributed by atoms with van der Waals surface area (Å²) in [6, 6.07) is 15.6. The van der Waals surface area contributed by atoms with Crippen LogP contribution in [0.25, 0.3) is 0 Å². The van der Waals surface area contributed by atoms with Gasteiger partial charge in [-0.3, -0.25) is 14.4 Å². The minimum absolute atomic E-state index is 0.0311. The quantitative estimate of drug-likeness (QED) is 0.812. The van der Waals surface area contributed by atoms with Gasteiger partial charge in [0.15, 0.2) is 0 Å². The van der Waals surface area contributed by atoms with Crippen LogP contribution in [0.1, 0.15) is 43.4 Å². The predicted octanol–water partition coefficient (Wildman–Crippen LogP) is 3.22. The summed E-state index contributed by atoms with van der Waals surface area (Å²) < 4.78 is 0. The highest BCUT2D eigenvalue weighted by Gasteiger charge is 2.38. The molecular weight excluding hydrogens is 390 g/mol. The van der Waals surface area contributed by atoms with E-state index in [2.05, 4.69) is 5.32 Å². The summed E-state index contributed by atoms with van der Waals surface area (Å²) in [7, 11) is 0. The zero-order chi connectivity index (χ0) is 21.5. The van der Waals surface area contributed by atoms with Crippen LogP contribution in [0.5, 0.6) is 0 Å². The van der Waals surface area contributed by atoms with Crippen LogP contribution in [0.4, 0.5) is 11.4 Å². The zero-order valence-corrected chi connectivity index (χ0v) is 17.7. The average molecular weight is 418 g/mol. The molecule has 5 rings (SSSR count). The summed E-state index contributed by atoms with van der Waals surface area (Å²) >= 11 is 0. The average Bonchev–Trinajstić information content (AvgIpc) is 3.44. The highest BCUT2D eigenvalue weighted by Crippen LogP contribution is 2.38. The molecule has 31 heavy (non-hydrogen) atoms. The van der Waals surface area contributed by atoms with Gasteiger partial charge in [-0.15, -0.1) is 0 Å². The summed E-state index contributed by atoms with van der Waals surface area (Å²) in [4.78, 5) is 41.6. The number of hydrogen-bond acceptors (Lipinski definition) is 3. The Labute approximate surface area is 182 Å². The smallest absolute Gasteiger partial charge is 0.230 e. The fourth-order valence-electron chi connectivity index (χ4n) is 4.62. The van der Waals surface area contributed by atoms with Gasteiger partial charge in [-0.25, -0.2) is 0 Å². The molecule has 0 bridgehead atoms. The number of nitrogens with zero attached hydrogens (tertiary/aromatic N) is 2. The van der Waals surface area contributed by atoms with Crippen LogP contribution in [0.15, 0.2) is 48.5 Å². The van der Waals surface area contributed by atoms with Gasteiger partial charge < -0.3 is 15.1 Å². The molecule has 1 N–H and O–H groups in total. The Kier molecular flexibility index (Phi) is 5.00. The van der Waals surface area contributed by atoms with E-state index in [9.17, 15) is 14.4 Å².